The molecule has 6 heteroatoms. The highest BCUT2D eigenvalue weighted by Gasteiger charge is 2.46. The molecule has 1 aliphatic heterocycles. The van der Waals surface area contributed by atoms with E-state index in [4.69, 9.17) is 0 Å². The molecule has 0 spiro atoms. The quantitative estimate of drug-likeness (QED) is 0.898. The van der Waals surface area contributed by atoms with E-state index in [0.29, 0.717) is 12.3 Å². The maximum absolute atomic E-state index is 14.3. The molecule has 3 unspecified atom stereocenters. The zero-order valence-corrected chi connectivity index (χ0v) is 11.4. The van der Waals surface area contributed by atoms with Crippen molar-refractivity contribution < 1.29 is 14.3 Å². The van der Waals surface area contributed by atoms with E-state index < -0.39 is 17.8 Å². The largest absolute Gasteiger partial charge is 0.480 e. The van der Waals surface area contributed by atoms with E-state index in [9.17, 15) is 14.3 Å². The predicted molar refractivity (Wildman–Crippen MR) is 71.0 cm³/mol. The summed E-state index contributed by atoms with van der Waals surface area (Å²) in [6.07, 6.45) is 6.03. The van der Waals surface area contributed by atoms with Crippen LogP contribution in [0.5, 0.6) is 0 Å². The number of anilines is 1. The van der Waals surface area contributed by atoms with Gasteiger partial charge in [0.1, 0.15) is 12.4 Å². The minimum absolute atomic E-state index is 0.0913. The van der Waals surface area contributed by atoms with E-state index in [-0.39, 0.29) is 17.6 Å². The number of nitrogens with zero attached hydrogens (tertiary/aromatic N) is 3. The molecular weight excluding hydrogens is 261 g/mol. The smallest absolute Gasteiger partial charge is 0.326 e. The molecular formula is C14H18FN3O2. The minimum atomic E-state index is -0.893. The first-order valence-corrected chi connectivity index (χ1v) is 7.08. The van der Waals surface area contributed by atoms with Crippen LogP contribution in [0, 0.1) is 18.7 Å². The average Bonchev–Trinajstić information content (AvgIpc) is 2.81. The lowest BCUT2D eigenvalue weighted by Gasteiger charge is -2.33. The first-order chi connectivity index (χ1) is 9.59. The summed E-state index contributed by atoms with van der Waals surface area (Å²) in [6.45, 7) is 1.57. The molecule has 1 aliphatic carbocycles. The second-order valence-electron chi connectivity index (χ2n) is 5.71. The van der Waals surface area contributed by atoms with Crippen molar-refractivity contribution in [1.29, 1.82) is 0 Å². The van der Waals surface area contributed by atoms with Crippen molar-refractivity contribution in [1.82, 2.24) is 9.97 Å². The maximum atomic E-state index is 14.3. The van der Waals surface area contributed by atoms with Gasteiger partial charge in [0.15, 0.2) is 11.6 Å². The number of hydrogen-bond acceptors (Lipinski definition) is 4. The number of aliphatic carboxylic acids is 1. The lowest BCUT2D eigenvalue weighted by molar-refractivity contribution is -0.138. The van der Waals surface area contributed by atoms with Crippen molar-refractivity contribution in [2.75, 3.05) is 4.90 Å². The molecule has 108 valence electrons. The fraction of sp³-hybridized carbons (Fsp3) is 0.643. The minimum Gasteiger partial charge on any atom is -0.480 e. The van der Waals surface area contributed by atoms with E-state index in [0.717, 1.165) is 25.7 Å². The Morgan fingerprint density at radius 2 is 2.15 bits per heavy atom. The number of carboxylic acids is 1. The van der Waals surface area contributed by atoms with Gasteiger partial charge in [-0.3, -0.25) is 0 Å². The molecule has 3 atom stereocenters. The highest BCUT2D eigenvalue weighted by Crippen LogP contribution is 2.42. The van der Waals surface area contributed by atoms with E-state index in [2.05, 4.69) is 9.97 Å². The second kappa shape index (κ2) is 5.00. The number of carboxylic acid groups (broad SMARTS) is 1. The average molecular weight is 279 g/mol. The van der Waals surface area contributed by atoms with Crippen molar-refractivity contribution in [2.45, 2.75) is 51.1 Å². The Labute approximate surface area is 116 Å². The Balaban J connectivity index is 2.03. The summed E-state index contributed by atoms with van der Waals surface area (Å²) in [6, 6.07) is -0.583. The maximum Gasteiger partial charge on any atom is 0.326 e. The summed E-state index contributed by atoms with van der Waals surface area (Å²) >= 11 is 0. The molecule has 20 heavy (non-hydrogen) atoms. The fourth-order valence-electron chi connectivity index (χ4n) is 3.61. The third-order valence-electron chi connectivity index (χ3n) is 4.56. The van der Waals surface area contributed by atoms with Gasteiger partial charge in [0.05, 0.1) is 5.69 Å². The molecule has 1 saturated carbocycles. The Bertz CT molecular complexity index is 537. The van der Waals surface area contributed by atoms with Crippen molar-refractivity contribution >= 4 is 11.8 Å². The normalized spacial score (nSPS) is 29.3. The van der Waals surface area contributed by atoms with Crippen LogP contribution < -0.4 is 4.90 Å². The van der Waals surface area contributed by atoms with Gasteiger partial charge in [-0.15, -0.1) is 0 Å². The van der Waals surface area contributed by atoms with Crippen LogP contribution in [0.15, 0.2) is 6.33 Å². The lowest BCUT2D eigenvalue weighted by Crippen LogP contribution is -2.43. The highest BCUT2D eigenvalue weighted by atomic mass is 19.1. The third-order valence-corrected chi connectivity index (χ3v) is 4.56. The molecule has 2 aliphatic rings. The molecule has 1 saturated heterocycles. The Hall–Kier alpha value is -1.72. The number of rotatable bonds is 2. The lowest BCUT2D eigenvalue weighted by atomic mass is 9.85. The van der Waals surface area contributed by atoms with Crippen LogP contribution in [-0.4, -0.2) is 33.1 Å². The molecule has 1 aromatic rings. The molecule has 2 heterocycles. The number of hydrogen-bond donors (Lipinski definition) is 1. The van der Waals surface area contributed by atoms with E-state index in [1.807, 2.05) is 0 Å². The first-order valence-electron chi connectivity index (χ1n) is 7.08. The van der Waals surface area contributed by atoms with Crippen molar-refractivity contribution in [2.24, 2.45) is 5.92 Å². The summed E-state index contributed by atoms with van der Waals surface area (Å²) in [7, 11) is 0. The standard InChI is InChI=1S/C14H18FN3O2/c1-8-12(15)13(17-7-16-8)18-10-5-3-2-4-9(10)6-11(18)14(19)20/h7,9-11H,2-6H2,1H3,(H,19,20). The van der Waals surface area contributed by atoms with Gasteiger partial charge in [-0.05, 0) is 32.1 Å². The van der Waals surface area contributed by atoms with E-state index in [1.165, 1.54) is 6.33 Å². The second-order valence-corrected chi connectivity index (χ2v) is 5.71. The van der Waals surface area contributed by atoms with Gasteiger partial charge in [-0.1, -0.05) is 12.8 Å². The molecule has 5 nitrogen and oxygen atoms in total. The summed E-state index contributed by atoms with van der Waals surface area (Å²) in [5, 5.41) is 9.44. The summed E-state index contributed by atoms with van der Waals surface area (Å²) in [5.41, 5.74) is 0.262. The number of halogens is 1. The zero-order chi connectivity index (χ0) is 14.3. The molecule has 3 rings (SSSR count). The predicted octanol–water partition coefficient (Wildman–Crippen LogP) is 2.15. The van der Waals surface area contributed by atoms with Gasteiger partial charge < -0.3 is 10.0 Å². The van der Waals surface area contributed by atoms with Crippen molar-refractivity contribution in [3.8, 4) is 0 Å². The summed E-state index contributed by atoms with van der Waals surface area (Å²) in [4.78, 5) is 21.1. The van der Waals surface area contributed by atoms with Gasteiger partial charge in [0, 0.05) is 6.04 Å². The van der Waals surface area contributed by atoms with Gasteiger partial charge >= 0.3 is 5.97 Å². The van der Waals surface area contributed by atoms with Crippen LogP contribution in [0.25, 0.3) is 0 Å². The number of aryl methyl sites for hydroxylation is 1. The molecule has 2 fully saturated rings. The topological polar surface area (TPSA) is 66.3 Å². The molecule has 1 aromatic heterocycles. The third kappa shape index (κ3) is 2.03. The first kappa shape index (κ1) is 13.3. The van der Waals surface area contributed by atoms with Crippen molar-refractivity contribution in [3.05, 3.63) is 17.8 Å². The summed E-state index contributed by atoms with van der Waals surface area (Å²) in [5.74, 6) is -0.904. The Kier molecular flexibility index (Phi) is 3.31. The van der Waals surface area contributed by atoms with Gasteiger partial charge in [-0.25, -0.2) is 19.2 Å². The molecule has 1 N–H and O–H groups in total. The molecule has 0 amide bonds. The number of aromatic nitrogens is 2. The Morgan fingerprint density at radius 3 is 2.90 bits per heavy atom. The number of fused-ring (bicyclic) bond motifs is 1. The monoisotopic (exact) mass is 279 g/mol. The van der Waals surface area contributed by atoms with Crippen LogP contribution in [0.4, 0.5) is 10.2 Å². The van der Waals surface area contributed by atoms with Crippen LogP contribution >= 0.6 is 0 Å². The van der Waals surface area contributed by atoms with Gasteiger partial charge in [0.25, 0.3) is 0 Å². The van der Waals surface area contributed by atoms with Gasteiger partial charge in [0.2, 0.25) is 0 Å². The van der Waals surface area contributed by atoms with Gasteiger partial charge in [-0.2, -0.15) is 0 Å². The van der Waals surface area contributed by atoms with E-state index in [1.54, 1.807) is 11.8 Å². The summed E-state index contributed by atoms with van der Waals surface area (Å²) < 4.78 is 14.3. The molecule has 0 bridgehead atoms. The van der Waals surface area contributed by atoms with Crippen LogP contribution in [-0.2, 0) is 4.79 Å². The Morgan fingerprint density at radius 1 is 1.40 bits per heavy atom. The number of carbonyl (C=O) groups is 1. The van der Waals surface area contributed by atoms with Crippen LogP contribution in [0.1, 0.15) is 37.8 Å². The zero-order valence-electron chi connectivity index (χ0n) is 11.4. The molecule has 0 aromatic carbocycles. The van der Waals surface area contributed by atoms with Crippen LogP contribution in [0.2, 0.25) is 0 Å². The van der Waals surface area contributed by atoms with Crippen molar-refractivity contribution in [3.63, 3.8) is 0 Å². The molecule has 0 radical (unpaired) electrons. The van der Waals surface area contributed by atoms with E-state index >= 15 is 0 Å². The highest BCUT2D eigenvalue weighted by molar-refractivity contribution is 5.79. The van der Waals surface area contributed by atoms with Crippen LogP contribution in [0.3, 0.4) is 0 Å². The SMILES string of the molecule is Cc1ncnc(N2C(C(=O)O)CC3CCCCC32)c1F. The fourth-order valence-corrected chi connectivity index (χ4v) is 3.61.